The zero-order chi connectivity index (χ0) is 13.2. The summed E-state index contributed by atoms with van der Waals surface area (Å²) < 4.78 is 0. The minimum atomic E-state index is -0.943. The molecule has 0 bridgehead atoms. The predicted molar refractivity (Wildman–Crippen MR) is 67.9 cm³/mol. The predicted octanol–water partition coefficient (Wildman–Crippen LogP) is 3.21. The van der Waals surface area contributed by atoms with Crippen molar-refractivity contribution in [3.05, 3.63) is 35.4 Å². The maximum absolute atomic E-state index is 11.0. The van der Waals surface area contributed by atoms with Gasteiger partial charge in [0.15, 0.2) is 0 Å². The highest BCUT2D eigenvalue weighted by molar-refractivity contribution is 5.80. The molecule has 3 nitrogen and oxygen atoms in total. The molecular formula is C14H18O3. The lowest BCUT2D eigenvalue weighted by Crippen LogP contribution is -2.21. The van der Waals surface area contributed by atoms with Crippen LogP contribution in [0.3, 0.4) is 0 Å². The molecule has 92 valence electrons. The number of aliphatic carboxylic acids is 1. The molecule has 0 spiro atoms. The van der Waals surface area contributed by atoms with Gasteiger partial charge in [-0.25, -0.2) is 0 Å². The fraction of sp³-hybridized carbons (Fsp3) is 0.357. The van der Waals surface area contributed by atoms with Crippen molar-refractivity contribution in [2.75, 3.05) is 0 Å². The average molecular weight is 234 g/mol. The van der Waals surface area contributed by atoms with Crippen molar-refractivity contribution < 1.29 is 15.0 Å². The van der Waals surface area contributed by atoms with E-state index in [1.54, 1.807) is 39.0 Å². The van der Waals surface area contributed by atoms with E-state index in [9.17, 15) is 9.90 Å². The molecule has 0 aliphatic carbocycles. The standard InChI is InChI=1S/C14H18O3/c1-9-5-6-11(12(15)7-9)10(2)8-14(3,4)13(16)17/h5-8,15H,1-4H3,(H,16,17)/b10-8-. The molecule has 1 aromatic carbocycles. The minimum absolute atomic E-state index is 0.180. The maximum atomic E-state index is 11.0. The summed E-state index contributed by atoms with van der Waals surface area (Å²) in [7, 11) is 0. The highest BCUT2D eigenvalue weighted by Crippen LogP contribution is 2.30. The van der Waals surface area contributed by atoms with Crippen LogP contribution < -0.4 is 0 Å². The van der Waals surface area contributed by atoms with Crippen molar-refractivity contribution in [1.82, 2.24) is 0 Å². The van der Waals surface area contributed by atoms with Crippen LogP contribution in [0.25, 0.3) is 5.57 Å². The van der Waals surface area contributed by atoms with E-state index in [-0.39, 0.29) is 5.75 Å². The number of hydrogen-bond donors (Lipinski definition) is 2. The normalized spacial score (nSPS) is 12.6. The molecule has 1 rings (SSSR count). The molecule has 0 heterocycles. The first-order valence-corrected chi connectivity index (χ1v) is 5.47. The summed E-state index contributed by atoms with van der Waals surface area (Å²) in [5.74, 6) is -0.705. The summed E-state index contributed by atoms with van der Waals surface area (Å²) >= 11 is 0. The van der Waals surface area contributed by atoms with Gasteiger partial charge in [0.1, 0.15) is 5.75 Å². The van der Waals surface area contributed by atoms with Gasteiger partial charge in [0, 0.05) is 5.56 Å². The number of aromatic hydroxyl groups is 1. The number of benzene rings is 1. The van der Waals surface area contributed by atoms with Crippen molar-refractivity contribution in [1.29, 1.82) is 0 Å². The van der Waals surface area contributed by atoms with E-state index in [1.165, 1.54) is 0 Å². The van der Waals surface area contributed by atoms with Gasteiger partial charge in [-0.05, 0) is 44.9 Å². The van der Waals surface area contributed by atoms with Gasteiger partial charge in [-0.15, -0.1) is 0 Å². The van der Waals surface area contributed by atoms with Gasteiger partial charge in [-0.3, -0.25) is 4.79 Å². The van der Waals surface area contributed by atoms with Gasteiger partial charge in [0.2, 0.25) is 0 Å². The third kappa shape index (κ3) is 3.09. The number of carboxylic acid groups (broad SMARTS) is 1. The Balaban J connectivity index is 3.16. The third-order valence-corrected chi connectivity index (χ3v) is 2.71. The summed E-state index contributed by atoms with van der Waals surface area (Å²) in [5.41, 5.74) is 1.46. The number of aryl methyl sites for hydroxylation is 1. The highest BCUT2D eigenvalue weighted by atomic mass is 16.4. The Hall–Kier alpha value is -1.77. The third-order valence-electron chi connectivity index (χ3n) is 2.71. The first-order valence-electron chi connectivity index (χ1n) is 5.47. The molecule has 17 heavy (non-hydrogen) atoms. The van der Waals surface area contributed by atoms with Crippen LogP contribution in [0.2, 0.25) is 0 Å². The topological polar surface area (TPSA) is 57.5 Å². The zero-order valence-electron chi connectivity index (χ0n) is 10.6. The number of hydrogen-bond acceptors (Lipinski definition) is 2. The van der Waals surface area contributed by atoms with E-state index < -0.39 is 11.4 Å². The van der Waals surface area contributed by atoms with Crippen molar-refractivity contribution in [2.24, 2.45) is 5.41 Å². The maximum Gasteiger partial charge on any atom is 0.312 e. The lowest BCUT2D eigenvalue weighted by molar-refractivity contribution is -0.144. The van der Waals surface area contributed by atoms with E-state index in [0.29, 0.717) is 5.56 Å². The second kappa shape index (κ2) is 4.62. The molecule has 3 heteroatoms. The van der Waals surface area contributed by atoms with Gasteiger partial charge in [-0.1, -0.05) is 18.2 Å². The summed E-state index contributed by atoms with van der Waals surface area (Å²) in [6.45, 7) is 6.95. The monoisotopic (exact) mass is 234 g/mol. The van der Waals surface area contributed by atoms with Crippen molar-refractivity contribution in [2.45, 2.75) is 27.7 Å². The number of carbonyl (C=O) groups is 1. The second-order valence-electron chi connectivity index (χ2n) is 4.87. The van der Waals surface area contributed by atoms with Crippen LogP contribution >= 0.6 is 0 Å². The van der Waals surface area contributed by atoms with Crippen LogP contribution in [0.1, 0.15) is 31.9 Å². The van der Waals surface area contributed by atoms with Gasteiger partial charge in [0.05, 0.1) is 5.41 Å². The fourth-order valence-corrected chi connectivity index (χ4v) is 1.66. The zero-order valence-corrected chi connectivity index (χ0v) is 10.6. The van der Waals surface area contributed by atoms with Crippen LogP contribution in [0.15, 0.2) is 24.3 Å². The fourth-order valence-electron chi connectivity index (χ4n) is 1.66. The van der Waals surface area contributed by atoms with Crippen LogP contribution in [0.4, 0.5) is 0 Å². The second-order valence-corrected chi connectivity index (χ2v) is 4.87. The van der Waals surface area contributed by atoms with Crippen molar-refractivity contribution in [3.63, 3.8) is 0 Å². The molecule has 0 aliphatic heterocycles. The van der Waals surface area contributed by atoms with Gasteiger partial charge in [-0.2, -0.15) is 0 Å². The van der Waals surface area contributed by atoms with Crippen LogP contribution in [0, 0.1) is 12.3 Å². The van der Waals surface area contributed by atoms with Gasteiger partial charge in [0.25, 0.3) is 0 Å². The van der Waals surface area contributed by atoms with Crippen LogP contribution in [-0.2, 0) is 4.79 Å². The van der Waals surface area contributed by atoms with E-state index in [2.05, 4.69) is 0 Å². The first kappa shape index (κ1) is 13.3. The van der Waals surface area contributed by atoms with Gasteiger partial charge < -0.3 is 10.2 Å². The molecule has 2 N–H and O–H groups in total. The molecule has 0 atom stereocenters. The van der Waals surface area contributed by atoms with Crippen LogP contribution in [-0.4, -0.2) is 16.2 Å². The number of carboxylic acids is 1. The molecule has 1 aromatic rings. The van der Waals surface area contributed by atoms with E-state index in [1.807, 2.05) is 13.0 Å². The molecule has 0 aliphatic rings. The Morgan fingerprint density at radius 3 is 2.41 bits per heavy atom. The summed E-state index contributed by atoms with van der Waals surface area (Å²) in [5, 5.41) is 18.9. The summed E-state index contributed by atoms with van der Waals surface area (Å²) in [4.78, 5) is 11.0. The molecular weight excluding hydrogens is 216 g/mol. The summed E-state index contributed by atoms with van der Waals surface area (Å²) in [6, 6.07) is 5.36. The van der Waals surface area contributed by atoms with Crippen LogP contribution in [0.5, 0.6) is 5.75 Å². The number of allylic oxidation sites excluding steroid dienone is 1. The van der Waals surface area contributed by atoms with E-state index in [4.69, 9.17) is 5.11 Å². The first-order chi connectivity index (χ1) is 7.74. The molecule has 0 saturated carbocycles. The Bertz CT molecular complexity index is 470. The average Bonchev–Trinajstić information content (AvgIpc) is 2.15. The molecule has 0 unspecified atom stereocenters. The van der Waals surface area contributed by atoms with Gasteiger partial charge >= 0.3 is 5.97 Å². The smallest absolute Gasteiger partial charge is 0.312 e. The molecule has 0 saturated heterocycles. The highest BCUT2D eigenvalue weighted by Gasteiger charge is 2.24. The minimum Gasteiger partial charge on any atom is -0.507 e. The SMILES string of the molecule is C/C(=C/C(C)(C)C(=O)O)c1ccc(C)cc1O. The Kier molecular flexibility index (Phi) is 3.61. The quantitative estimate of drug-likeness (QED) is 0.844. The van der Waals surface area contributed by atoms with E-state index >= 15 is 0 Å². The van der Waals surface area contributed by atoms with E-state index in [0.717, 1.165) is 11.1 Å². The molecule has 0 amide bonds. The lowest BCUT2D eigenvalue weighted by Gasteiger charge is -2.16. The molecule has 0 fully saturated rings. The summed E-state index contributed by atoms with van der Waals surface area (Å²) in [6.07, 6.45) is 1.65. The number of rotatable bonds is 3. The molecule has 0 radical (unpaired) electrons. The Morgan fingerprint density at radius 2 is 1.94 bits per heavy atom. The number of phenols is 1. The number of phenolic OH excluding ortho intramolecular Hbond substituents is 1. The van der Waals surface area contributed by atoms with Crippen molar-refractivity contribution in [3.8, 4) is 5.75 Å². The largest absolute Gasteiger partial charge is 0.507 e. The van der Waals surface area contributed by atoms with Crippen molar-refractivity contribution >= 4 is 11.5 Å². The lowest BCUT2D eigenvalue weighted by atomic mass is 9.89. The Morgan fingerprint density at radius 1 is 1.35 bits per heavy atom. The molecule has 0 aromatic heterocycles. The Labute approximate surface area is 101 Å².